The Kier molecular flexibility index (Phi) is 3.22. The molecule has 0 aliphatic carbocycles. The molecule has 0 spiro atoms. The fraction of sp³-hybridized carbons (Fsp3) is 0.364. The molecule has 1 atom stereocenters. The summed E-state index contributed by atoms with van der Waals surface area (Å²) < 4.78 is 0. The molecule has 90 valence electrons. The number of hydrogen-bond acceptors (Lipinski definition) is 3. The number of amides is 2. The smallest absolute Gasteiger partial charge is 0.407 e. The lowest BCUT2D eigenvalue weighted by Crippen LogP contribution is -2.38. The molecule has 0 saturated carbocycles. The average Bonchev–Trinajstić information content (AvgIpc) is 2.79. The molecule has 17 heavy (non-hydrogen) atoms. The first kappa shape index (κ1) is 11.4. The molecule has 0 unspecified atom stereocenters. The van der Waals surface area contributed by atoms with E-state index in [1.54, 1.807) is 24.5 Å². The Hall–Kier alpha value is -2.11. The number of likely N-dealkylation sites (tertiary alicyclic amines) is 1. The summed E-state index contributed by atoms with van der Waals surface area (Å²) in [6.45, 7) is 0.822. The number of nitrogens with zero attached hydrogens (tertiary/aromatic N) is 2. The van der Waals surface area contributed by atoms with Gasteiger partial charge in [0.15, 0.2) is 0 Å². The number of hydrogen-bond donors (Lipinski definition) is 2. The highest BCUT2D eigenvalue weighted by molar-refractivity contribution is 5.94. The molecular weight excluding hydrogens is 222 g/mol. The zero-order chi connectivity index (χ0) is 12.3. The minimum Gasteiger partial charge on any atom is -0.465 e. The van der Waals surface area contributed by atoms with Crippen LogP contribution in [0.1, 0.15) is 16.8 Å². The van der Waals surface area contributed by atoms with Gasteiger partial charge in [-0.15, -0.1) is 0 Å². The van der Waals surface area contributed by atoms with Crippen molar-refractivity contribution in [2.75, 3.05) is 13.1 Å². The van der Waals surface area contributed by atoms with Crippen LogP contribution in [0.2, 0.25) is 0 Å². The summed E-state index contributed by atoms with van der Waals surface area (Å²) in [6, 6.07) is 3.14. The highest BCUT2D eigenvalue weighted by Crippen LogP contribution is 2.09. The van der Waals surface area contributed by atoms with Crippen molar-refractivity contribution in [2.24, 2.45) is 0 Å². The first-order chi connectivity index (χ1) is 8.16. The molecule has 2 N–H and O–H groups in total. The molecular formula is C11H13N3O3. The minimum absolute atomic E-state index is 0.105. The van der Waals surface area contributed by atoms with Gasteiger partial charge in [-0.1, -0.05) is 0 Å². The van der Waals surface area contributed by atoms with Gasteiger partial charge in [0.05, 0.1) is 0 Å². The third kappa shape index (κ3) is 2.72. The molecule has 1 aromatic heterocycles. The van der Waals surface area contributed by atoms with E-state index in [1.165, 1.54) is 4.90 Å². The van der Waals surface area contributed by atoms with Gasteiger partial charge in [-0.2, -0.15) is 0 Å². The maximum Gasteiger partial charge on any atom is 0.407 e. The maximum atomic E-state index is 11.8. The second-order valence-electron chi connectivity index (χ2n) is 3.92. The molecule has 1 saturated heterocycles. The topological polar surface area (TPSA) is 82.5 Å². The Morgan fingerprint density at radius 3 is 2.71 bits per heavy atom. The minimum atomic E-state index is -0.939. The zero-order valence-electron chi connectivity index (χ0n) is 9.17. The van der Waals surface area contributed by atoms with Crippen LogP contribution in [-0.4, -0.2) is 46.1 Å². The SMILES string of the molecule is O=C(N[C@@H]1CCN(C(=O)O)C1)c1ccncc1. The van der Waals surface area contributed by atoms with Gasteiger partial charge in [0.1, 0.15) is 0 Å². The number of rotatable bonds is 2. The van der Waals surface area contributed by atoms with Gasteiger partial charge in [0.25, 0.3) is 5.91 Å². The first-order valence-corrected chi connectivity index (χ1v) is 5.35. The fourth-order valence-electron chi connectivity index (χ4n) is 1.82. The quantitative estimate of drug-likeness (QED) is 0.784. The van der Waals surface area contributed by atoms with E-state index in [0.29, 0.717) is 25.1 Å². The van der Waals surface area contributed by atoms with Crippen LogP contribution in [0.25, 0.3) is 0 Å². The lowest BCUT2D eigenvalue weighted by Gasteiger charge is -2.13. The van der Waals surface area contributed by atoms with Crippen LogP contribution in [-0.2, 0) is 0 Å². The molecule has 1 aliphatic heterocycles. The molecule has 2 rings (SSSR count). The molecule has 6 heteroatoms. The molecule has 1 aliphatic rings. The third-order valence-electron chi connectivity index (χ3n) is 2.74. The monoisotopic (exact) mass is 235 g/mol. The lowest BCUT2D eigenvalue weighted by atomic mass is 10.2. The van der Waals surface area contributed by atoms with Gasteiger partial charge in [-0.3, -0.25) is 9.78 Å². The molecule has 1 aromatic rings. The summed E-state index contributed by atoms with van der Waals surface area (Å²) in [5.41, 5.74) is 0.536. The lowest BCUT2D eigenvalue weighted by molar-refractivity contribution is 0.0935. The summed E-state index contributed by atoms with van der Waals surface area (Å²) >= 11 is 0. The van der Waals surface area contributed by atoms with Crippen molar-refractivity contribution in [3.05, 3.63) is 30.1 Å². The highest BCUT2D eigenvalue weighted by Gasteiger charge is 2.26. The second-order valence-corrected chi connectivity index (χ2v) is 3.92. The largest absolute Gasteiger partial charge is 0.465 e. The van der Waals surface area contributed by atoms with Crippen molar-refractivity contribution in [1.29, 1.82) is 0 Å². The summed E-state index contributed by atoms with van der Waals surface area (Å²) in [4.78, 5) is 27.6. The number of carboxylic acid groups (broad SMARTS) is 1. The molecule has 0 radical (unpaired) electrons. The van der Waals surface area contributed by atoms with E-state index in [1.807, 2.05) is 0 Å². The van der Waals surface area contributed by atoms with Gasteiger partial charge >= 0.3 is 6.09 Å². The standard InChI is InChI=1S/C11H13N3O3/c15-10(8-1-4-12-5-2-8)13-9-3-6-14(7-9)11(16)17/h1-2,4-5,9H,3,6-7H2,(H,13,15)(H,16,17)/t9-/m1/s1. The van der Waals surface area contributed by atoms with Gasteiger partial charge in [0, 0.05) is 37.1 Å². The van der Waals surface area contributed by atoms with Gasteiger partial charge in [0.2, 0.25) is 0 Å². The van der Waals surface area contributed by atoms with Crippen molar-refractivity contribution < 1.29 is 14.7 Å². The molecule has 2 amide bonds. The van der Waals surface area contributed by atoms with Gasteiger partial charge in [-0.25, -0.2) is 4.79 Å². The van der Waals surface area contributed by atoms with Crippen LogP contribution in [0.4, 0.5) is 4.79 Å². The van der Waals surface area contributed by atoms with Crippen LogP contribution in [0, 0.1) is 0 Å². The predicted octanol–water partition coefficient (Wildman–Crippen LogP) is 0.564. The van der Waals surface area contributed by atoms with Crippen LogP contribution in [0.15, 0.2) is 24.5 Å². The molecule has 1 fully saturated rings. The van der Waals surface area contributed by atoms with Crippen LogP contribution >= 0.6 is 0 Å². The predicted molar refractivity (Wildman–Crippen MR) is 59.7 cm³/mol. The van der Waals surface area contributed by atoms with Crippen molar-refractivity contribution in [3.63, 3.8) is 0 Å². The average molecular weight is 235 g/mol. The van der Waals surface area contributed by atoms with Crippen molar-refractivity contribution in [1.82, 2.24) is 15.2 Å². The fourth-order valence-corrected chi connectivity index (χ4v) is 1.82. The first-order valence-electron chi connectivity index (χ1n) is 5.35. The van der Waals surface area contributed by atoms with E-state index in [2.05, 4.69) is 10.3 Å². The summed E-state index contributed by atoms with van der Waals surface area (Å²) in [5.74, 6) is -0.190. The van der Waals surface area contributed by atoms with E-state index in [0.717, 1.165) is 0 Å². The van der Waals surface area contributed by atoms with E-state index in [9.17, 15) is 9.59 Å². The van der Waals surface area contributed by atoms with E-state index in [-0.39, 0.29) is 11.9 Å². The van der Waals surface area contributed by atoms with Crippen molar-refractivity contribution in [2.45, 2.75) is 12.5 Å². The molecule has 0 aromatic carbocycles. The van der Waals surface area contributed by atoms with Crippen LogP contribution < -0.4 is 5.32 Å². The zero-order valence-corrected chi connectivity index (χ0v) is 9.17. The van der Waals surface area contributed by atoms with Gasteiger partial charge < -0.3 is 15.3 Å². The van der Waals surface area contributed by atoms with Crippen LogP contribution in [0.3, 0.4) is 0 Å². The summed E-state index contributed by atoms with van der Waals surface area (Å²) in [6.07, 6.45) is 2.81. The Balaban J connectivity index is 1.91. The third-order valence-corrected chi connectivity index (χ3v) is 2.74. The number of pyridine rings is 1. The second kappa shape index (κ2) is 4.82. The highest BCUT2D eigenvalue weighted by atomic mass is 16.4. The Morgan fingerprint density at radius 1 is 1.41 bits per heavy atom. The summed E-state index contributed by atoms with van der Waals surface area (Å²) in [7, 11) is 0. The Morgan fingerprint density at radius 2 is 2.12 bits per heavy atom. The molecule has 2 heterocycles. The van der Waals surface area contributed by atoms with Crippen molar-refractivity contribution in [3.8, 4) is 0 Å². The van der Waals surface area contributed by atoms with Crippen LogP contribution in [0.5, 0.6) is 0 Å². The summed E-state index contributed by atoms with van der Waals surface area (Å²) in [5, 5.41) is 11.6. The number of carbonyl (C=O) groups excluding carboxylic acids is 1. The van der Waals surface area contributed by atoms with E-state index in [4.69, 9.17) is 5.11 Å². The van der Waals surface area contributed by atoms with E-state index < -0.39 is 6.09 Å². The van der Waals surface area contributed by atoms with Crippen molar-refractivity contribution >= 4 is 12.0 Å². The number of carbonyl (C=O) groups is 2. The maximum absolute atomic E-state index is 11.8. The number of nitrogens with one attached hydrogen (secondary N) is 1. The molecule has 0 bridgehead atoms. The number of aromatic nitrogens is 1. The normalized spacial score (nSPS) is 19.1. The Bertz CT molecular complexity index is 421. The van der Waals surface area contributed by atoms with Gasteiger partial charge in [-0.05, 0) is 18.6 Å². The molecule has 6 nitrogen and oxygen atoms in total. The Labute approximate surface area is 98.3 Å². The van der Waals surface area contributed by atoms with E-state index >= 15 is 0 Å².